The van der Waals surface area contributed by atoms with Crippen LogP contribution >= 0.6 is 0 Å². The Morgan fingerprint density at radius 3 is 2.52 bits per heavy atom. The summed E-state index contributed by atoms with van der Waals surface area (Å²) in [5.74, 6) is 1.15. The van der Waals surface area contributed by atoms with E-state index in [1.807, 2.05) is 6.92 Å². The molecule has 8 atom stereocenters. The van der Waals surface area contributed by atoms with E-state index in [1.165, 1.54) is 16.6 Å². The zero-order valence-corrected chi connectivity index (χ0v) is 26.5. The monoisotopic (exact) mass is 567 g/mol. The summed E-state index contributed by atoms with van der Waals surface area (Å²) in [6.07, 6.45) is 6.12. The minimum atomic E-state index is -0.812. The number of hydrogen-bond donors (Lipinski definition) is 1. The molecule has 2 fully saturated rings. The smallest absolute Gasteiger partial charge is 0.192 e. The first-order valence-electron chi connectivity index (χ1n) is 16.1. The van der Waals surface area contributed by atoms with Crippen molar-refractivity contribution < 1.29 is 19.4 Å². The van der Waals surface area contributed by atoms with E-state index < -0.39 is 23.3 Å². The van der Waals surface area contributed by atoms with Crippen LogP contribution in [0.15, 0.2) is 24.3 Å². The minimum absolute atomic E-state index is 0.0293. The number of nitrogens with zero attached hydrogens (tertiary/aromatic N) is 1. The Morgan fingerprint density at radius 2 is 1.83 bits per heavy atom. The Labute approximate surface area is 249 Å². The van der Waals surface area contributed by atoms with E-state index in [0.29, 0.717) is 29.6 Å². The molecular formula is C37H45NO4. The summed E-state index contributed by atoms with van der Waals surface area (Å²) in [5.41, 5.74) is 6.91. The summed E-state index contributed by atoms with van der Waals surface area (Å²) in [5, 5.41) is 13.2. The number of ketones is 2. The van der Waals surface area contributed by atoms with Crippen LogP contribution in [-0.4, -0.2) is 32.4 Å². The standard InChI is InChI=1S/C37H45NO4/c1-17(2)29-32(41)27-26-20(23-16-34(4,5)42-35(6,7)28(23)31(26)40)15-21-22-14-19-10-11-24-18(3)25(39)12-13-36(24,8)37(19,9)33(22)38(29)30(21)27/h15-16,18-19,24,28-29,31,40H,1,10-14H2,2-9H3/t18-,19?,24?,28?,29?,31?,36+,37-/m1/s1. The van der Waals surface area contributed by atoms with Gasteiger partial charge in [-0.1, -0.05) is 32.9 Å². The first-order valence-corrected chi connectivity index (χ1v) is 16.1. The second kappa shape index (κ2) is 7.77. The van der Waals surface area contributed by atoms with Gasteiger partial charge in [0, 0.05) is 40.3 Å². The van der Waals surface area contributed by atoms with E-state index in [4.69, 9.17) is 4.74 Å². The van der Waals surface area contributed by atoms with Crippen LogP contribution in [0.4, 0.5) is 0 Å². The number of ether oxygens (including phenoxy) is 1. The maximum Gasteiger partial charge on any atom is 0.192 e. The Morgan fingerprint density at radius 1 is 1.12 bits per heavy atom. The van der Waals surface area contributed by atoms with Crippen molar-refractivity contribution >= 4 is 28.0 Å². The van der Waals surface area contributed by atoms with E-state index in [9.17, 15) is 14.7 Å². The van der Waals surface area contributed by atoms with Gasteiger partial charge in [0.15, 0.2) is 5.78 Å². The number of aliphatic hydroxyl groups is 1. The molecule has 5 unspecified atom stereocenters. The number of Topliss-reactive ketones (excluding diaryl/α,β-unsaturated/α-hetero) is 2. The van der Waals surface area contributed by atoms with Crippen LogP contribution < -0.4 is 0 Å². The second-order valence-corrected chi connectivity index (χ2v) is 16.2. The van der Waals surface area contributed by atoms with Gasteiger partial charge in [0.05, 0.1) is 28.4 Å². The van der Waals surface area contributed by atoms with Gasteiger partial charge in [-0.3, -0.25) is 9.59 Å². The largest absolute Gasteiger partial charge is 0.388 e. The van der Waals surface area contributed by atoms with Crippen molar-refractivity contribution in [1.82, 2.24) is 4.57 Å². The molecule has 5 heteroatoms. The fraction of sp³-hybridized carbons (Fsp3) is 0.622. The lowest BCUT2D eigenvalue weighted by Gasteiger charge is -2.60. The van der Waals surface area contributed by atoms with Crippen molar-refractivity contribution in [3.8, 4) is 0 Å². The third-order valence-corrected chi connectivity index (χ3v) is 13.3. The maximum absolute atomic E-state index is 14.6. The molecule has 0 radical (unpaired) electrons. The molecule has 1 aromatic carbocycles. The first kappa shape index (κ1) is 27.1. The number of hydrogen-bond acceptors (Lipinski definition) is 4. The molecule has 0 spiro atoms. The third-order valence-electron chi connectivity index (χ3n) is 13.3. The lowest BCUT2D eigenvalue weighted by Crippen LogP contribution is -2.58. The number of carbonyl (C=O) groups excluding carboxylic acids is 2. The molecule has 1 N–H and O–H groups in total. The van der Waals surface area contributed by atoms with Crippen molar-refractivity contribution in [2.24, 2.45) is 29.1 Å². The van der Waals surface area contributed by atoms with Gasteiger partial charge in [-0.15, -0.1) is 0 Å². The predicted molar refractivity (Wildman–Crippen MR) is 165 cm³/mol. The predicted octanol–water partition coefficient (Wildman–Crippen LogP) is 7.43. The molecule has 2 aliphatic heterocycles. The zero-order valence-electron chi connectivity index (χ0n) is 26.5. The average molecular weight is 568 g/mol. The van der Waals surface area contributed by atoms with Gasteiger partial charge in [-0.2, -0.15) is 0 Å². The van der Waals surface area contributed by atoms with Gasteiger partial charge in [0.25, 0.3) is 0 Å². The van der Waals surface area contributed by atoms with Gasteiger partial charge < -0.3 is 14.4 Å². The van der Waals surface area contributed by atoms with E-state index in [2.05, 4.69) is 71.8 Å². The summed E-state index contributed by atoms with van der Waals surface area (Å²) in [7, 11) is 0. The van der Waals surface area contributed by atoms with E-state index >= 15 is 0 Å². The van der Waals surface area contributed by atoms with Crippen LogP contribution in [0, 0.1) is 29.1 Å². The highest BCUT2D eigenvalue weighted by Crippen LogP contribution is 2.69. The topological polar surface area (TPSA) is 68.5 Å². The van der Waals surface area contributed by atoms with Crippen LogP contribution in [0.2, 0.25) is 0 Å². The van der Waals surface area contributed by atoms with Crippen molar-refractivity contribution in [1.29, 1.82) is 0 Å². The molecule has 42 heavy (non-hydrogen) atoms. The van der Waals surface area contributed by atoms with Crippen molar-refractivity contribution in [3.63, 3.8) is 0 Å². The molecule has 2 aromatic rings. The molecule has 5 nitrogen and oxygen atoms in total. The number of aliphatic hydroxyl groups excluding tert-OH is 1. The van der Waals surface area contributed by atoms with Gasteiger partial charge in [0.1, 0.15) is 11.8 Å². The summed E-state index contributed by atoms with van der Waals surface area (Å²) >= 11 is 0. The second-order valence-electron chi connectivity index (χ2n) is 16.2. The Hall–Kier alpha value is -2.50. The highest BCUT2D eigenvalue weighted by Gasteiger charge is 2.65. The summed E-state index contributed by atoms with van der Waals surface area (Å²) in [4.78, 5) is 27.6. The van der Waals surface area contributed by atoms with Crippen molar-refractivity contribution in [2.75, 3.05) is 0 Å². The van der Waals surface area contributed by atoms with Gasteiger partial charge in [-0.05, 0) is 106 Å². The van der Waals surface area contributed by atoms with E-state index in [-0.39, 0.29) is 28.4 Å². The van der Waals surface area contributed by atoms with Crippen LogP contribution in [-0.2, 0) is 21.4 Å². The van der Waals surface area contributed by atoms with E-state index in [1.54, 1.807) is 0 Å². The van der Waals surface area contributed by atoms with Crippen LogP contribution in [0.5, 0.6) is 0 Å². The number of rotatable bonds is 1. The van der Waals surface area contributed by atoms with Gasteiger partial charge >= 0.3 is 0 Å². The lowest BCUT2D eigenvalue weighted by atomic mass is 9.44. The quantitative estimate of drug-likeness (QED) is 0.364. The van der Waals surface area contributed by atoms with Gasteiger partial charge in [-0.25, -0.2) is 0 Å². The molecule has 1 aromatic heterocycles. The minimum Gasteiger partial charge on any atom is -0.388 e. The number of fused-ring (bicyclic) bond motifs is 11. The molecular weight excluding hydrogens is 522 g/mol. The molecule has 0 bridgehead atoms. The Bertz CT molecular complexity index is 1700. The Kier molecular flexibility index (Phi) is 5.01. The third kappa shape index (κ3) is 2.85. The molecule has 4 aliphatic carbocycles. The highest BCUT2D eigenvalue weighted by atomic mass is 16.5. The molecule has 8 rings (SSSR count). The molecule has 222 valence electrons. The molecule has 0 saturated heterocycles. The summed E-state index contributed by atoms with van der Waals surface area (Å²) in [6.45, 7) is 21.7. The number of carbonyl (C=O) groups is 2. The number of allylic oxidation sites excluding steroid dienone is 1. The highest BCUT2D eigenvalue weighted by molar-refractivity contribution is 6.18. The van der Waals surface area contributed by atoms with Crippen LogP contribution in [0.3, 0.4) is 0 Å². The van der Waals surface area contributed by atoms with Crippen molar-refractivity contribution in [3.05, 3.63) is 52.2 Å². The fourth-order valence-electron chi connectivity index (χ4n) is 11.6. The maximum atomic E-state index is 14.6. The molecule has 0 amide bonds. The summed E-state index contributed by atoms with van der Waals surface area (Å²) < 4.78 is 8.86. The normalized spacial score (nSPS) is 40.4. The van der Waals surface area contributed by atoms with E-state index in [0.717, 1.165) is 53.5 Å². The van der Waals surface area contributed by atoms with Gasteiger partial charge in [0.2, 0.25) is 0 Å². The molecule has 3 heterocycles. The van der Waals surface area contributed by atoms with Crippen LogP contribution in [0.1, 0.15) is 126 Å². The number of benzene rings is 1. The van der Waals surface area contributed by atoms with Crippen LogP contribution in [0.25, 0.3) is 16.5 Å². The Balaban J connectivity index is 1.45. The average Bonchev–Trinajstić information content (AvgIpc) is 3.54. The molecule has 2 saturated carbocycles. The lowest BCUT2D eigenvalue weighted by molar-refractivity contribution is -0.143. The summed E-state index contributed by atoms with van der Waals surface area (Å²) in [6, 6.07) is 1.85. The number of aromatic nitrogens is 1. The first-order chi connectivity index (χ1) is 19.5. The SMILES string of the molecule is C=C(C)C1C(=O)c2c3c(cc4c5c(n1c24)[C@@]1(C)C(CCC2[C@@H](C)C(=O)CC[C@@]21C)C5)C1=CC(C)(C)OC(C)(C)C1C3O. The fourth-order valence-corrected chi connectivity index (χ4v) is 11.6. The molecule has 6 aliphatic rings. The zero-order chi connectivity index (χ0) is 30.0. The van der Waals surface area contributed by atoms with Crippen molar-refractivity contribution in [2.45, 2.75) is 116 Å².